The largest absolute Gasteiger partial charge is 0.481 e. The molecule has 0 saturated heterocycles. The summed E-state index contributed by atoms with van der Waals surface area (Å²) in [4.78, 5) is 33.2. The Balaban J connectivity index is 1.25. The third-order valence-corrected chi connectivity index (χ3v) is 8.57. The zero-order valence-corrected chi connectivity index (χ0v) is 21.2. The number of fused-ring (bicyclic) bond motifs is 2. The number of thiazole rings is 2. The molecule has 0 radical (unpaired) electrons. The van der Waals surface area contributed by atoms with Crippen molar-refractivity contribution in [2.75, 3.05) is 5.32 Å². The molecule has 0 spiro atoms. The molecule has 2 aromatic carbocycles. The number of aryl methyl sites for hydroxylation is 1. The number of benzene rings is 2. The number of carboxylic acids is 1. The molecule has 10 heteroatoms. The first-order chi connectivity index (χ1) is 17.9. The molecule has 184 valence electrons. The number of carbonyl (C=O) groups is 2. The van der Waals surface area contributed by atoms with Gasteiger partial charge in [-0.15, -0.1) is 11.3 Å². The second-order valence-electron chi connectivity index (χ2n) is 8.72. The van der Waals surface area contributed by atoms with Crippen LogP contribution in [0.1, 0.15) is 39.7 Å². The highest BCUT2D eigenvalue weighted by Crippen LogP contribution is 2.51. The third kappa shape index (κ3) is 4.33. The van der Waals surface area contributed by atoms with Gasteiger partial charge < -0.3 is 14.3 Å². The number of anilines is 1. The van der Waals surface area contributed by atoms with Gasteiger partial charge in [0, 0.05) is 5.39 Å². The van der Waals surface area contributed by atoms with Crippen molar-refractivity contribution in [2.45, 2.75) is 31.8 Å². The molecule has 8 nitrogen and oxygen atoms in total. The van der Waals surface area contributed by atoms with Crippen molar-refractivity contribution in [1.82, 2.24) is 9.97 Å². The number of furan rings is 1. The van der Waals surface area contributed by atoms with Crippen LogP contribution in [-0.2, 0) is 21.6 Å². The number of aliphatic carboxylic acids is 1. The molecule has 1 fully saturated rings. The molecule has 1 aliphatic rings. The maximum Gasteiger partial charge on any atom is 0.412 e. The van der Waals surface area contributed by atoms with Gasteiger partial charge in [-0.1, -0.05) is 47.7 Å². The van der Waals surface area contributed by atoms with Crippen LogP contribution >= 0.6 is 22.7 Å². The molecule has 2 N–H and O–H groups in total. The lowest BCUT2D eigenvalue weighted by atomic mass is 10.1. The van der Waals surface area contributed by atoms with Gasteiger partial charge in [0.2, 0.25) is 5.76 Å². The van der Waals surface area contributed by atoms with Crippen LogP contribution in [0.4, 0.5) is 10.5 Å². The van der Waals surface area contributed by atoms with E-state index in [0.29, 0.717) is 45.2 Å². The van der Waals surface area contributed by atoms with Crippen LogP contribution in [0.25, 0.3) is 20.6 Å². The number of amides is 1. The van der Waals surface area contributed by atoms with Gasteiger partial charge in [-0.3, -0.25) is 10.1 Å². The van der Waals surface area contributed by atoms with Gasteiger partial charge in [0.1, 0.15) is 32.3 Å². The van der Waals surface area contributed by atoms with Crippen LogP contribution in [0.3, 0.4) is 0 Å². The van der Waals surface area contributed by atoms with E-state index in [1.807, 2.05) is 49.4 Å². The summed E-state index contributed by atoms with van der Waals surface area (Å²) in [6, 6.07) is 15.0. The molecule has 0 bridgehead atoms. The average Bonchev–Trinajstić information content (AvgIpc) is 3.32. The first kappa shape index (κ1) is 23.2. The van der Waals surface area contributed by atoms with E-state index in [1.54, 1.807) is 6.07 Å². The monoisotopic (exact) mass is 529 g/mol. The molecular weight excluding hydrogens is 510 g/mol. The van der Waals surface area contributed by atoms with Crippen LogP contribution in [0.2, 0.25) is 0 Å². The minimum absolute atomic E-state index is 0.142. The van der Waals surface area contributed by atoms with Gasteiger partial charge in [0.25, 0.3) is 0 Å². The van der Waals surface area contributed by atoms with Crippen molar-refractivity contribution in [3.05, 3.63) is 75.4 Å². The Labute approximate surface area is 218 Å². The summed E-state index contributed by atoms with van der Waals surface area (Å²) in [6.45, 7) is 2.10. The van der Waals surface area contributed by atoms with Crippen molar-refractivity contribution in [2.24, 2.45) is 0 Å². The molecule has 0 atom stereocenters. The zero-order chi connectivity index (χ0) is 25.6. The summed E-state index contributed by atoms with van der Waals surface area (Å²) in [5.41, 5.74) is 2.62. The summed E-state index contributed by atoms with van der Waals surface area (Å²) in [6.07, 6.45) is 0.590. The number of para-hydroxylation sites is 1. The molecule has 37 heavy (non-hydrogen) atoms. The number of hydrogen-bond acceptors (Lipinski definition) is 8. The Morgan fingerprint density at radius 3 is 2.65 bits per heavy atom. The lowest BCUT2D eigenvalue weighted by Gasteiger charge is -2.08. The number of hydrogen-bond donors (Lipinski definition) is 2. The summed E-state index contributed by atoms with van der Waals surface area (Å²) in [5, 5.41) is 14.1. The summed E-state index contributed by atoms with van der Waals surface area (Å²) in [7, 11) is 0. The van der Waals surface area contributed by atoms with E-state index >= 15 is 0 Å². The second kappa shape index (κ2) is 9.03. The van der Waals surface area contributed by atoms with E-state index in [0.717, 1.165) is 15.1 Å². The number of nitrogens with zero attached hydrogens (tertiary/aromatic N) is 2. The number of nitrogens with one attached hydrogen (secondary N) is 1. The minimum Gasteiger partial charge on any atom is -0.481 e. The van der Waals surface area contributed by atoms with Crippen molar-refractivity contribution >= 4 is 61.1 Å². The number of aromatic nitrogens is 2. The summed E-state index contributed by atoms with van der Waals surface area (Å²) in [5.74, 6) is 5.42. The smallest absolute Gasteiger partial charge is 0.412 e. The van der Waals surface area contributed by atoms with Gasteiger partial charge in [-0.25, -0.2) is 14.8 Å². The topological polar surface area (TPSA) is 115 Å². The predicted molar refractivity (Wildman–Crippen MR) is 141 cm³/mol. The van der Waals surface area contributed by atoms with E-state index in [4.69, 9.17) is 9.15 Å². The molecule has 1 amide bonds. The minimum atomic E-state index is -0.848. The Bertz CT molecular complexity index is 1720. The molecule has 1 saturated carbocycles. The SMILES string of the molecule is Cc1ccccc1COC(=O)Nc1c(C#Cc2nc3nc(C4(C(=O)O)CC4)sc3s2)oc2ccccc12. The second-order valence-corrected chi connectivity index (χ2v) is 11.0. The van der Waals surface area contributed by atoms with Crippen molar-refractivity contribution < 1.29 is 23.8 Å². The summed E-state index contributed by atoms with van der Waals surface area (Å²) >= 11 is 2.71. The molecule has 3 heterocycles. The molecular formula is C27H19N3O5S2. The predicted octanol–water partition coefficient (Wildman–Crippen LogP) is 6.07. The number of ether oxygens (including phenoxy) is 1. The van der Waals surface area contributed by atoms with Gasteiger partial charge in [0.05, 0.1) is 0 Å². The average molecular weight is 530 g/mol. The third-order valence-electron chi connectivity index (χ3n) is 6.27. The van der Waals surface area contributed by atoms with Crippen LogP contribution in [0.15, 0.2) is 52.9 Å². The van der Waals surface area contributed by atoms with Crippen LogP contribution < -0.4 is 5.32 Å². The van der Waals surface area contributed by atoms with Crippen molar-refractivity contribution in [3.8, 4) is 11.8 Å². The Morgan fingerprint density at radius 1 is 1.11 bits per heavy atom. The number of rotatable bonds is 5. The van der Waals surface area contributed by atoms with Gasteiger partial charge in [-0.2, -0.15) is 0 Å². The maximum atomic E-state index is 12.6. The van der Waals surface area contributed by atoms with Crippen molar-refractivity contribution in [1.29, 1.82) is 0 Å². The van der Waals surface area contributed by atoms with E-state index in [-0.39, 0.29) is 12.4 Å². The molecule has 6 rings (SSSR count). The van der Waals surface area contributed by atoms with Gasteiger partial charge in [0.15, 0.2) is 10.7 Å². The first-order valence-corrected chi connectivity index (χ1v) is 13.1. The fraction of sp³-hybridized carbons (Fsp3) is 0.185. The highest BCUT2D eigenvalue weighted by Gasteiger charge is 2.54. The van der Waals surface area contributed by atoms with Crippen LogP contribution in [-0.4, -0.2) is 27.1 Å². The fourth-order valence-electron chi connectivity index (χ4n) is 3.97. The molecule has 3 aromatic heterocycles. The van der Waals surface area contributed by atoms with Gasteiger partial charge in [-0.05, 0) is 54.9 Å². The Kier molecular flexibility index (Phi) is 5.67. The molecule has 1 aliphatic carbocycles. The lowest BCUT2D eigenvalue weighted by molar-refractivity contribution is -0.140. The van der Waals surface area contributed by atoms with Gasteiger partial charge >= 0.3 is 12.1 Å². The normalized spacial score (nSPS) is 13.8. The Morgan fingerprint density at radius 2 is 1.89 bits per heavy atom. The Hall–Kier alpha value is -4.20. The first-order valence-electron chi connectivity index (χ1n) is 11.5. The highest BCUT2D eigenvalue weighted by atomic mass is 32.2. The van der Waals surface area contributed by atoms with E-state index in [9.17, 15) is 14.7 Å². The fourth-order valence-corrected chi connectivity index (χ4v) is 6.18. The van der Waals surface area contributed by atoms with Crippen LogP contribution in [0.5, 0.6) is 0 Å². The molecule has 0 unspecified atom stereocenters. The quantitative estimate of drug-likeness (QED) is 0.266. The highest BCUT2D eigenvalue weighted by molar-refractivity contribution is 7.38. The van der Waals surface area contributed by atoms with Crippen LogP contribution in [0, 0.1) is 18.8 Å². The van der Waals surface area contributed by atoms with E-state index in [1.165, 1.54) is 22.7 Å². The zero-order valence-electron chi connectivity index (χ0n) is 19.5. The summed E-state index contributed by atoms with van der Waals surface area (Å²) < 4.78 is 12.2. The number of carbonyl (C=O) groups excluding carboxylic acids is 1. The molecule has 0 aliphatic heterocycles. The van der Waals surface area contributed by atoms with E-state index in [2.05, 4.69) is 27.1 Å². The van der Waals surface area contributed by atoms with E-state index < -0.39 is 17.5 Å². The maximum absolute atomic E-state index is 12.6. The number of carboxylic acid groups (broad SMARTS) is 1. The van der Waals surface area contributed by atoms with Crippen molar-refractivity contribution in [3.63, 3.8) is 0 Å². The lowest BCUT2D eigenvalue weighted by Crippen LogP contribution is -2.18. The standard InChI is InChI=1S/C27H19N3O5S2/c1-15-6-2-3-7-16(15)14-34-26(33)29-21-17-8-4-5-9-18(17)35-19(21)10-11-20-28-22-23(36-20)37-24(30-22)27(12-13-27)25(31)32/h2-9H,12-14H2,1H3,(H,29,33)(H,31,32). The molecule has 5 aromatic rings.